The van der Waals surface area contributed by atoms with Crippen LogP contribution in [0.15, 0.2) is 36.4 Å². The first-order chi connectivity index (χ1) is 15.4. The molecule has 1 N–H and O–H groups in total. The van der Waals surface area contributed by atoms with Gasteiger partial charge in [0.05, 0.1) is 21.6 Å². The Morgan fingerprint density at radius 3 is 2.59 bits per heavy atom. The Morgan fingerprint density at radius 1 is 1.16 bits per heavy atom. The summed E-state index contributed by atoms with van der Waals surface area (Å²) in [5.74, 6) is -0.131. The van der Waals surface area contributed by atoms with Gasteiger partial charge in [-0.3, -0.25) is 14.9 Å². The Kier molecular flexibility index (Phi) is 7.03. The van der Waals surface area contributed by atoms with Crippen LogP contribution in [0.4, 0.5) is 17.1 Å². The first-order valence-electron chi connectivity index (χ1n) is 10.6. The first-order valence-corrected chi connectivity index (χ1v) is 11.3. The molecule has 2 saturated heterocycles. The minimum absolute atomic E-state index is 0.0398. The molecule has 2 aromatic carbocycles. The molecule has 0 unspecified atom stereocenters. The lowest BCUT2D eigenvalue weighted by Gasteiger charge is -2.36. The molecule has 1 amide bonds. The molecule has 0 aromatic heterocycles. The number of nitrogens with zero attached hydrogens (tertiary/aromatic N) is 3. The van der Waals surface area contributed by atoms with Crippen LogP contribution >= 0.6 is 23.2 Å². The molecule has 10 heteroatoms. The molecule has 2 aliphatic heterocycles. The van der Waals surface area contributed by atoms with Gasteiger partial charge in [-0.05, 0) is 43.2 Å². The molecule has 2 heterocycles. The van der Waals surface area contributed by atoms with Gasteiger partial charge in [0.15, 0.2) is 0 Å². The monoisotopic (exact) mass is 478 g/mol. The van der Waals surface area contributed by atoms with Crippen molar-refractivity contribution in [2.45, 2.75) is 18.9 Å². The summed E-state index contributed by atoms with van der Waals surface area (Å²) in [6, 6.07) is 9.94. The van der Waals surface area contributed by atoms with Gasteiger partial charge in [0.25, 0.3) is 11.6 Å². The molecule has 1 atom stereocenters. The van der Waals surface area contributed by atoms with Crippen molar-refractivity contribution in [1.82, 2.24) is 4.90 Å². The standard InChI is InChI=1S/C22H24Cl2N4O4/c23-15-3-5-18(19(24)12-15)22(29)27-9-7-26(8-10-27)16-4-6-21(28(30)31)20(13-16)25-14-17-2-1-11-32-17/h3-6,12-13,17,25H,1-2,7-11,14H2/t17-/m0/s1. The van der Waals surface area contributed by atoms with Gasteiger partial charge < -0.3 is 19.9 Å². The molecule has 2 aromatic rings. The Morgan fingerprint density at radius 2 is 1.94 bits per heavy atom. The second kappa shape index (κ2) is 9.94. The fourth-order valence-corrected chi connectivity index (χ4v) is 4.54. The number of benzene rings is 2. The average molecular weight is 479 g/mol. The lowest BCUT2D eigenvalue weighted by molar-refractivity contribution is -0.383. The predicted molar refractivity (Wildman–Crippen MR) is 125 cm³/mol. The van der Waals surface area contributed by atoms with Crippen molar-refractivity contribution < 1.29 is 14.5 Å². The molecule has 8 nitrogen and oxygen atoms in total. The fourth-order valence-electron chi connectivity index (χ4n) is 4.05. The second-order valence-corrected chi connectivity index (χ2v) is 8.72. The van der Waals surface area contributed by atoms with Gasteiger partial charge in [-0.1, -0.05) is 23.2 Å². The maximum atomic E-state index is 12.8. The number of hydrogen-bond donors (Lipinski definition) is 1. The van der Waals surface area contributed by atoms with Crippen molar-refractivity contribution in [2.24, 2.45) is 0 Å². The van der Waals surface area contributed by atoms with Crippen LogP contribution in [0.3, 0.4) is 0 Å². The molecule has 0 aliphatic carbocycles. The van der Waals surface area contributed by atoms with Gasteiger partial charge >= 0.3 is 0 Å². The highest BCUT2D eigenvalue weighted by atomic mass is 35.5. The summed E-state index contributed by atoms with van der Waals surface area (Å²) in [4.78, 5) is 27.8. The highest BCUT2D eigenvalue weighted by molar-refractivity contribution is 6.36. The summed E-state index contributed by atoms with van der Waals surface area (Å²) in [6.45, 7) is 3.54. The summed E-state index contributed by atoms with van der Waals surface area (Å²) in [5.41, 5.74) is 1.83. The Labute approximate surface area is 196 Å². The molecule has 170 valence electrons. The molecule has 2 fully saturated rings. The zero-order valence-electron chi connectivity index (χ0n) is 17.4. The van der Waals surface area contributed by atoms with Crippen LogP contribution in [-0.2, 0) is 4.74 Å². The molecule has 32 heavy (non-hydrogen) atoms. The smallest absolute Gasteiger partial charge is 0.292 e. The van der Waals surface area contributed by atoms with E-state index in [1.807, 2.05) is 0 Å². The van der Waals surface area contributed by atoms with E-state index in [-0.39, 0.29) is 22.6 Å². The van der Waals surface area contributed by atoms with E-state index >= 15 is 0 Å². The largest absolute Gasteiger partial charge is 0.377 e. The molecule has 0 spiro atoms. The third kappa shape index (κ3) is 5.09. The fraction of sp³-hybridized carbons (Fsp3) is 0.409. The van der Waals surface area contributed by atoms with Gasteiger partial charge in [0, 0.05) is 56.1 Å². The van der Waals surface area contributed by atoms with Crippen molar-refractivity contribution in [3.8, 4) is 0 Å². The average Bonchev–Trinajstić information content (AvgIpc) is 3.31. The maximum Gasteiger partial charge on any atom is 0.292 e. The number of ether oxygens (including phenoxy) is 1. The number of anilines is 2. The molecule has 2 aliphatic rings. The van der Waals surface area contributed by atoms with Gasteiger partial charge in [0.1, 0.15) is 5.69 Å². The first kappa shape index (κ1) is 22.6. The summed E-state index contributed by atoms with van der Waals surface area (Å²) >= 11 is 12.1. The van der Waals surface area contributed by atoms with Crippen LogP contribution in [0.5, 0.6) is 0 Å². The van der Waals surface area contributed by atoms with E-state index in [0.29, 0.717) is 54.0 Å². The SMILES string of the molecule is O=C(c1ccc(Cl)cc1Cl)N1CCN(c2ccc([N+](=O)[O-])c(NC[C@@H]3CCCO3)c2)CC1. The molecule has 4 rings (SSSR count). The van der Waals surface area contributed by atoms with E-state index in [0.717, 1.165) is 25.1 Å². The number of halogens is 2. The number of amides is 1. The van der Waals surface area contributed by atoms with Crippen molar-refractivity contribution in [3.05, 3.63) is 62.1 Å². The maximum absolute atomic E-state index is 12.8. The lowest BCUT2D eigenvalue weighted by Crippen LogP contribution is -2.48. The highest BCUT2D eigenvalue weighted by Crippen LogP contribution is 2.31. The van der Waals surface area contributed by atoms with Gasteiger partial charge in [-0.25, -0.2) is 0 Å². The number of carbonyl (C=O) groups is 1. The number of nitro benzene ring substituents is 1. The van der Waals surface area contributed by atoms with Gasteiger partial charge in [-0.15, -0.1) is 0 Å². The molecular formula is C22H24Cl2N4O4. The molecule has 0 radical (unpaired) electrons. The van der Waals surface area contributed by atoms with Crippen molar-refractivity contribution in [3.63, 3.8) is 0 Å². The quantitative estimate of drug-likeness (QED) is 0.487. The van der Waals surface area contributed by atoms with E-state index in [2.05, 4.69) is 10.2 Å². The number of nitro groups is 1. The molecule has 0 saturated carbocycles. The Balaban J connectivity index is 1.42. The van der Waals surface area contributed by atoms with Crippen LogP contribution in [0, 0.1) is 10.1 Å². The normalized spacial score (nSPS) is 18.6. The van der Waals surface area contributed by atoms with Gasteiger partial charge in [0.2, 0.25) is 0 Å². The van der Waals surface area contributed by atoms with Crippen LogP contribution < -0.4 is 10.2 Å². The summed E-state index contributed by atoms with van der Waals surface area (Å²) in [5, 5.41) is 15.5. The minimum Gasteiger partial charge on any atom is -0.377 e. The third-order valence-electron chi connectivity index (χ3n) is 5.81. The number of rotatable bonds is 6. The zero-order chi connectivity index (χ0) is 22.7. The van der Waals surface area contributed by atoms with E-state index < -0.39 is 0 Å². The summed E-state index contributed by atoms with van der Waals surface area (Å²) < 4.78 is 5.61. The second-order valence-electron chi connectivity index (χ2n) is 7.88. The van der Waals surface area contributed by atoms with E-state index in [1.165, 1.54) is 6.07 Å². The summed E-state index contributed by atoms with van der Waals surface area (Å²) in [7, 11) is 0. The topological polar surface area (TPSA) is 88.0 Å². The van der Waals surface area contributed by atoms with Crippen LogP contribution in [0.1, 0.15) is 23.2 Å². The highest BCUT2D eigenvalue weighted by Gasteiger charge is 2.25. The van der Waals surface area contributed by atoms with Gasteiger partial charge in [-0.2, -0.15) is 0 Å². The van der Waals surface area contributed by atoms with E-state index in [1.54, 1.807) is 35.2 Å². The minimum atomic E-state index is -0.381. The third-order valence-corrected chi connectivity index (χ3v) is 6.36. The van der Waals surface area contributed by atoms with Crippen LogP contribution in [0.25, 0.3) is 0 Å². The number of hydrogen-bond acceptors (Lipinski definition) is 6. The number of piperazine rings is 1. The Hall–Kier alpha value is -2.55. The van der Waals surface area contributed by atoms with Crippen molar-refractivity contribution in [1.29, 1.82) is 0 Å². The molecule has 0 bridgehead atoms. The van der Waals surface area contributed by atoms with Crippen molar-refractivity contribution in [2.75, 3.05) is 49.5 Å². The molecular weight excluding hydrogens is 455 g/mol. The van der Waals surface area contributed by atoms with E-state index in [4.69, 9.17) is 27.9 Å². The van der Waals surface area contributed by atoms with E-state index in [9.17, 15) is 14.9 Å². The number of nitrogens with one attached hydrogen (secondary N) is 1. The lowest BCUT2D eigenvalue weighted by atomic mass is 10.1. The van der Waals surface area contributed by atoms with Crippen molar-refractivity contribution >= 4 is 46.2 Å². The summed E-state index contributed by atoms with van der Waals surface area (Å²) in [6.07, 6.45) is 2.04. The predicted octanol–water partition coefficient (Wildman–Crippen LogP) is 4.45. The zero-order valence-corrected chi connectivity index (χ0v) is 18.9. The van der Waals surface area contributed by atoms with Crippen LogP contribution in [-0.4, -0.2) is 61.2 Å². The van der Waals surface area contributed by atoms with Crippen LogP contribution in [0.2, 0.25) is 10.0 Å². The number of carbonyl (C=O) groups excluding carboxylic acids is 1. The Bertz CT molecular complexity index is 1010.